The molecular formula is C24H23N5O2. The Hall–Kier alpha value is -3.79. The Morgan fingerprint density at radius 2 is 2.03 bits per heavy atom. The summed E-state index contributed by atoms with van der Waals surface area (Å²) in [7, 11) is 0. The Labute approximate surface area is 180 Å². The average Bonchev–Trinajstić information content (AvgIpc) is 3.27. The van der Waals surface area contributed by atoms with Gasteiger partial charge < -0.3 is 10.2 Å². The highest BCUT2D eigenvalue weighted by molar-refractivity contribution is 5.96. The highest BCUT2D eigenvalue weighted by Gasteiger charge is 2.27. The molecule has 31 heavy (non-hydrogen) atoms. The second-order valence-corrected chi connectivity index (χ2v) is 7.76. The van der Waals surface area contributed by atoms with E-state index in [0.29, 0.717) is 48.7 Å². The van der Waals surface area contributed by atoms with Crippen LogP contribution in [-0.2, 0) is 11.2 Å². The Morgan fingerprint density at radius 3 is 2.77 bits per heavy atom. The van der Waals surface area contributed by atoms with Crippen molar-refractivity contribution in [2.75, 3.05) is 18.4 Å². The fourth-order valence-electron chi connectivity index (χ4n) is 3.80. The third kappa shape index (κ3) is 4.69. The number of benzene rings is 2. The van der Waals surface area contributed by atoms with Crippen LogP contribution in [0.1, 0.15) is 41.5 Å². The molecule has 0 unspecified atom stereocenters. The summed E-state index contributed by atoms with van der Waals surface area (Å²) < 4.78 is 0. The van der Waals surface area contributed by atoms with Crippen molar-refractivity contribution in [3.05, 3.63) is 65.6 Å². The molecule has 0 radical (unpaired) electrons. The van der Waals surface area contributed by atoms with Crippen molar-refractivity contribution >= 4 is 28.4 Å². The fourth-order valence-corrected chi connectivity index (χ4v) is 3.80. The first-order valence-corrected chi connectivity index (χ1v) is 10.4. The van der Waals surface area contributed by atoms with Crippen molar-refractivity contribution in [2.45, 2.75) is 26.2 Å². The maximum absolute atomic E-state index is 12.9. The van der Waals surface area contributed by atoms with Crippen LogP contribution in [0.4, 0.5) is 5.69 Å². The van der Waals surface area contributed by atoms with Crippen molar-refractivity contribution < 1.29 is 9.59 Å². The van der Waals surface area contributed by atoms with E-state index in [9.17, 15) is 9.59 Å². The van der Waals surface area contributed by atoms with Crippen LogP contribution in [0.5, 0.6) is 0 Å². The summed E-state index contributed by atoms with van der Waals surface area (Å²) in [5.41, 5.74) is 2.65. The zero-order chi connectivity index (χ0) is 21.8. The van der Waals surface area contributed by atoms with Crippen LogP contribution in [0.15, 0.2) is 48.7 Å². The number of anilines is 1. The molecular weight excluding hydrogens is 390 g/mol. The fraction of sp³-hybridized carbons (Fsp3) is 0.292. The molecule has 1 fully saturated rings. The van der Waals surface area contributed by atoms with Crippen LogP contribution in [0.2, 0.25) is 0 Å². The highest BCUT2D eigenvalue weighted by Crippen LogP contribution is 2.23. The Kier molecular flexibility index (Phi) is 5.89. The summed E-state index contributed by atoms with van der Waals surface area (Å²) in [6.45, 7) is 3.15. The van der Waals surface area contributed by atoms with Crippen LogP contribution in [-0.4, -0.2) is 39.8 Å². The molecule has 2 aromatic carbocycles. The Balaban J connectivity index is 1.39. The van der Waals surface area contributed by atoms with E-state index in [4.69, 9.17) is 5.26 Å². The molecule has 1 saturated heterocycles. The monoisotopic (exact) mass is 413 g/mol. The summed E-state index contributed by atoms with van der Waals surface area (Å²) >= 11 is 0. The number of fused-ring (bicyclic) bond motifs is 1. The van der Waals surface area contributed by atoms with Gasteiger partial charge in [-0.1, -0.05) is 6.92 Å². The lowest BCUT2D eigenvalue weighted by Crippen LogP contribution is -2.29. The number of rotatable bonds is 5. The molecule has 0 aliphatic carbocycles. The van der Waals surface area contributed by atoms with E-state index >= 15 is 0 Å². The van der Waals surface area contributed by atoms with E-state index in [1.54, 1.807) is 49.5 Å². The first-order chi connectivity index (χ1) is 15.1. The van der Waals surface area contributed by atoms with Crippen LogP contribution in [0.25, 0.3) is 10.9 Å². The number of amides is 2. The van der Waals surface area contributed by atoms with E-state index in [1.807, 2.05) is 11.0 Å². The predicted molar refractivity (Wildman–Crippen MR) is 117 cm³/mol. The lowest BCUT2D eigenvalue weighted by atomic mass is 10.0. The quantitative estimate of drug-likeness (QED) is 0.690. The third-order valence-corrected chi connectivity index (χ3v) is 5.54. The molecule has 0 saturated carbocycles. The van der Waals surface area contributed by atoms with Gasteiger partial charge in [-0.3, -0.25) is 9.59 Å². The number of aromatic nitrogens is 2. The predicted octanol–water partition coefficient (Wildman–Crippen LogP) is 3.55. The van der Waals surface area contributed by atoms with Crippen LogP contribution in [0.3, 0.4) is 0 Å². The first-order valence-electron chi connectivity index (χ1n) is 10.4. The lowest BCUT2D eigenvalue weighted by molar-refractivity contribution is -0.115. The van der Waals surface area contributed by atoms with Gasteiger partial charge in [0.05, 0.1) is 17.1 Å². The smallest absolute Gasteiger partial charge is 0.253 e. The van der Waals surface area contributed by atoms with E-state index in [1.165, 1.54) is 0 Å². The average molecular weight is 413 g/mol. The van der Waals surface area contributed by atoms with Gasteiger partial charge in [-0.25, -0.2) is 9.97 Å². The number of hydrogen-bond acceptors (Lipinski definition) is 5. The topological polar surface area (TPSA) is 99.0 Å². The SMILES string of the molecule is CCC(=O)Nc1ccc(C(=O)N2CC[C@@H](Cc3ncc4ccc(C#N)cc4n3)C2)cc1. The Bertz CT molecular complexity index is 1170. The first kappa shape index (κ1) is 20.5. The molecule has 3 aromatic rings. The molecule has 7 heteroatoms. The molecule has 4 rings (SSSR count). The number of nitrogens with zero attached hydrogens (tertiary/aromatic N) is 4. The van der Waals surface area contributed by atoms with E-state index in [0.717, 1.165) is 23.1 Å². The summed E-state index contributed by atoms with van der Waals surface area (Å²) in [5.74, 6) is 0.969. The van der Waals surface area contributed by atoms with Crippen molar-refractivity contribution in [3.63, 3.8) is 0 Å². The van der Waals surface area contributed by atoms with Gasteiger partial charge in [0, 0.05) is 48.8 Å². The molecule has 2 heterocycles. The summed E-state index contributed by atoms with van der Waals surface area (Å²) in [4.78, 5) is 35.3. The van der Waals surface area contributed by atoms with Gasteiger partial charge in [0.15, 0.2) is 0 Å². The molecule has 2 amide bonds. The molecule has 1 N–H and O–H groups in total. The minimum atomic E-state index is -0.0544. The normalized spacial score (nSPS) is 15.6. The van der Waals surface area contributed by atoms with Gasteiger partial charge in [0.25, 0.3) is 5.91 Å². The molecule has 1 aromatic heterocycles. The minimum absolute atomic E-state index is 0.00559. The second-order valence-electron chi connectivity index (χ2n) is 7.76. The van der Waals surface area contributed by atoms with Crippen molar-refractivity contribution in [1.29, 1.82) is 5.26 Å². The standard InChI is InChI=1S/C24H23N5O2/c1-2-23(30)27-20-7-5-18(6-8-20)24(31)29-10-9-17(15-29)12-22-26-14-19-4-3-16(13-25)11-21(19)28-22/h3-8,11,14,17H,2,9-10,12,15H2,1H3,(H,27,30)/t17-/m0/s1. The zero-order valence-corrected chi connectivity index (χ0v) is 17.3. The molecule has 1 aliphatic heterocycles. The van der Waals surface area contributed by atoms with Crippen molar-refractivity contribution in [3.8, 4) is 6.07 Å². The van der Waals surface area contributed by atoms with Crippen molar-refractivity contribution in [2.24, 2.45) is 5.92 Å². The summed E-state index contributed by atoms with van der Waals surface area (Å²) in [6.07, 6.45) is 3.79. The zero-order valence-electron chi connectivity index (χ0n) is 17.3. The Morgan fingerprint density at radius 1 is 1.23 bits per heavy atom. The molecule has 156 valence electrons. The number of carbonyl (C=O) groups excluding carboxylic acids is 2. The van der Waals surface area contributed by atoms with Gasteiger partial charge in [0.2, 0.25) is 5.91 Å². The molecule has 7 nitrogen and oxygen atoms in total. The van der Waals surface area contributed by atoms with Gasteiger partial charge in [-0.2, -0.15) is 5.26 Å². The second kappa shape index (κ2) is 8.92. The maximum atomic E-state index is 12.9. The highest BCUT2D eigenvalue weighted by atomic mass is 16.2. The minimum Gasteiger partial charge on any atom is -0.338 e. The molecule has 1 aliphatic rings. The largest absolute Gasteiger partial charge is 0.338 e. The van der Waals surface area contributed by atoms with Gasteiger partial charge in [-0.15, -0.1) is 0 Å². The van der Waals surface area contributed by atoms with Crippen LogP contribution in [0, 0.1) is 17.2 Å². The molecule has 0 bridgehead atoms. The number of likely N-dealkylation sites (tertiary alicyclic amines) is 1. The number of carbonyl (C=O) groups is 2. The van der Waals surface area contributed by atoms with Crippen molar-refractivity contribution in [1.82, 2.24) is 14.9 Å². The lowest BCUT2D eigenvalue weighted by Gasteiger charge is -2.17. The van der Waals surface area contributed by atoms with E-state index < -0.39 is 0 Å². The number of nitrogens with one attached hydrogen (secondary N) is 1. The molecule has 1 atom stereocenters. The summed E-state index contributed by atoms with van der Waals surface area (Å²) in [5, 5.41) is 12.8. The van der Waals surface area contributed by atoms with E-state index in [2.05, 4.69) is 21.4 Å². The van der Waals surface area contributed by atoms with Crippen LogP contribution >= 0.6 is 0 Å². The van der Waals surface area contributed by atoms with Gasteiger partial charge in [0.1, 0.15) is 5.82 Å². The van der Waals surface area contributed by atoms with Crippen LogP contribution < -0.4 is 5.32 Å². The van der Waals surface area contributed by atoms with Gasteiger partial charge >= 0.3 is 0 Å². The number of nitriles is 1. The molecule has 0 spiro atoms. The third-order valence-electron chi connectivity index (χ3n) is 5.54. The van der Waals surface area contributed by atoms with E-state index in [-0.39, 0.29) is 11.8 Å². The number of hydrogen-bond donors (Lipinski definition) is 1. The maximum Gasteiger partial charge on any atom is 0.253 e. The summed E-state index contributed by atoms with van der Waals surface area (Å²) in [6, 6.07) is 14.5. The van der Waals surface area contributed by atoms with Gasteiger partial charge in [-0.05, 0) is 54.8 Å².